The van der Waals surface area contributed by atoms with Crippen LogP contribution < -0.4 is 4.72 Å². The van der Waals surface area contributed by atoms with Crippen molar-refractivity contribution in [3.8, 4) is 0 Å². The summed E-state index contributed by atoms with van der Waals surface area (Å²) in [6.07, 6.45) is 2.78. The standard InChI is InChI=1S/C21H25N3O6S/c25-20(23-9-11-24(12-10-23)21(26)19-4-2-14-30-19)16-5-7-18(8-6-16)31(27,28)22-15-17-3-1-13-29-17/h1,3,5-8,13,19,22H,2,4,9-12,14-15H2. The van der Waals surface area contributed by atoms with Crippen LogP contribution >= 0.6 is 0 Å². The van der Waals surface area contributed by atoms with Gasteiger partial charge in [0.15, 0.2) is 0 Å². The first-order valence-electron chi connectivity index (χ1n) is 10.3. The van der Waals surface area contributed by atoms with Gasteiger partial charge in [-0.1, -0.05) is 0 Å². The molecule has 10 heteroatoms. The molecule has 166 valence electrons. The Hall–Kier alpha value is -2.69. The summed E-state index contributed by atoms with van der Waals surface area (Å²) in [6, 6.07) is 9.20. The molecule has 2 aliphatic heterocycles. The molecule has 0 saturated carbocycles. The summed E-state index contributed by atoms with van der Waals surface area (Å²) in [5.41, 5.74) is 0.406. The molecule has 31 heavy (non-hydrogen) atoms. The highest BCUT2D eigenvalue weighted by Crippen LogP contribution is 2.18. The molecule has 2 saturated heterocycles. The Morgan fingerprint density at radius 3 is 2.35 bits per heavy atom. The van der Waals surface area contributed by atoms with Crippen molar-refractivity contribution in [2.75, 3.05) is 32.8 Å². The summed E-state index contributed by atoms with van der Waals surface area (Å²) >= 11 is 0. The summed E-state index contributed by atoms with van der Waals surface area (Å²) in [5, 5.41) is 0. The smallest absolute Gasteiger partial charge is 0.253 e. The number of ether oxygens (including phenoxy) is 1. The molecule has 0 spiro atoms. The van der Waals surface area contributed by atoms with E-state index in [4.69, 9.17) is 9.15 Å². The fourth-order valence-electron chi connectivity index (χ4n) is 3.73. The minimum atomic E-state index is -3.72. The molecule has 1 aromatic heterocycles. The zero-order chi connectivity index (χ0) is 21.8. The monoisotopic (exact) mass is 447 g/mol. The van der Waals surface area contributed by atoms with E-state index in [0.717, 1.165) is 12.8 Å². The lowest BCUT2D eigenvalue weighted by Crippen LogP contribution is -2.52. The Morgan fingerprint density at radius 1 is 1.03 bits per heavy atom. The van der Waals surface area contributed by atoms with E-state index >= 15 is 0 Å². The Labute approximate surface area is 181 Å². The van der Waals surface area contributed by atoms with Crippen LogP contribution in [-0.2, 0) is 26.1 Å². The number of carbonyl (C=O) groups is 2. The summed E-state index contributed by atoms with van der Waals surface area (Å²) in [4.78, 5) is 28.7. The lowest BCUT2D eigenvalue weighted by molar-refractivity contribution is -0.142. The first kappa shape index (κ1) is 21.5. The maximum atomic E-state index is 12.8. The molecule has 0 aliphatic carbocycles. The third-order valence-corrected chi connectivity index (χ3v) is 6.93. The summed E-state index contributed by atoms with van der Waals surface area (Å²) in [6.45, 7) is 2.47. The highest BCUT2D eigenvalue weighted by molar-refractivity contribution is 7.89. The van der Waals surface area contributed by atoms with E-state index < -0.39 is 10.0 Å². The van der Waals surface area contributed by atoms with Gasteiger partial charge in [0.1, 0.15) is 11.9 Å². The lowest BCUT2D eigenvalue weighted by atomic mass is 10.1. The molecule has 2 amide bonds. The molecular weight excluding hydrogens is 422 g/mol. The minimum Gasteiger partial charge on any atom is -0.468 e. The van der Waals surface area contributed by atoms with E-state index in [1.807, 2.05) is 0 Å². The highest BCUT2D eigenvalue weighted by Gasteiger charge is 2.31. The molecule has 3 heterocycles. The zero-order valence-corrected chi connectivity index (χ0v) is 17.8. The largest absolute Gasteiger partial charge is 0.468 e. The van der Waals surface area contributed by atoms with E-state index in [1.165, 1.54) is 30.5 Å². The van der Waals surface area contributed by atoms with Crippen molar-refractivity contribution in [3.63, 3.8) is 0 Å². The van der Waals surface area contributed by atoms with Crippen molar-refractivity contribution < 1.29 is 27.2 Å². The second-order valence-electron chi connectivity index (χ2n) is 7.55. The van der Waals surface area contributed by atoms with Crippen LogP contribution in [0.4, 0.5) is 0 Å². The second-order valence-corrected chi connectivity index (χ2v) is 9.31. The number of furan rings is 1. The Bertz CT molecular complexity index is 1010. The molecule has 1 atom stereocenters. The van der Waals surface area contributed by atoms with Gasteiger partial charge in [0.05, 0.1) is 17.7 Å². The van der Waals surface area contributed by atoms with Crippen LogP contribution in [0.1, 0.15) is 29.0 Å². The van der Waals surface area contributed by atoms with Gasteiger partial charge in [-0.2, -0.15) is 0 Å². The van der Waals surface area contributed by atoms with Gasteiger partial charge in [0.25, 0.3) is 11.8 Å². The molecular formula is C21H25N3O6S. The molecule has 0 bridgehead atoms. The first-order chi connectivity index (χ1) is 14.9. The summed E-state index contributed by atoms with van der Waals surface area (Å²) < 4.78 is 37.9. The van der Waals surface area contributed by atoms with Crippen LogP contribution in [0, 0.1) is 0 Å². The lowest BCUT2D eigenvalue weighted by Gasteiger charge is -2.35. The molecule has 2 aromatic rings. The fourth-order valence-corrected chi connectivity index (χ4v) is 4.72. The average Bonchev–Trinajstić information content (AvgIpc) is 3.51. The summed E-state index contributed by atoms with van der Waals surface area (Å²) in [7, 11) is -3.72. The van der Waals surface area contributed by atoms with Gasteiger partial charge in [-0.3, -0.25) is 9.59 Å². The minimum absolute atomic E-state index is 0.00112. The normalized spacial score (nSPS) is 19.5. The topological polar surface area (TPSA) is 109 Å². The van der Waals surface area contributed by atoms with Gasteiger partial charge in [0, 0.05) is 38.3 Å². The van der Waals surface area contributed by atoms with Gasteiger partial charge in [0.2, 0.25) is 10.0 Å². The van der Waals surface area contributed by atoms with Crippen LogP contribution in [0.25, 0.3) is 0 Å². The van der Waals surface area contributed by atoms with Crippen molar-refractivity contribution >= 4 is 21.8 Å². The number of nitrogens with one attached hydrogen (secondary N) is 1. The van der Waals surface area contributed by atoms with E-state index in [1.54, 1.807) is 21.9 Å². The number of amides is 2. The predicted molar refractivity (Wildman–Crippen MR) is 111 cm³/mol. The maximum absolute atomic E-state index is 12.8. The molecule has 1 unspecified atom stereocenters. The van der Waals surface area contributed by atoms with Gasteiger partial charge < -0.3 is 19.0 Å². The van der Waals surface area contributed by atoms with Gasteiger partial charge in [-0.05, 0) is 49.2 Å². The van der Waals surface area contributed by atoms with Crippen molar-refractivity contribution in [1.82, 2.24) is 14.5 Å². The number of hydrogen-bond acceptors (Lipinski definition) is 6. The fraction of sp³-hybridized carbons (Fsp3) is 0.429. The van der Waals surface area contributed by atoms with E-state index in [0.29, 0.717) is 44.1 Å². The highest BCUT2D eigenvalue weighted by atomic mass is 32.2. The predicted octanol–water partition coefficient (Wildman–Crippen LogP) is 1.22. The quantitative estimate of drug-likeness (QED) is 0.713. The SMILES string of the molecule is O=C(c1ccc(S(=O)(=O)NCc2ccco2)cc1)N1CCN(C(=O)C2CCCO2)CC1. The Balaban J connectivity index is 1.32. The maximum Gasteiger partial charge on any atom is 0.253 e. The molecule has 9 nitrogen and oxygen atoms in total. The molecule has 2 fully saturated rings. The van der Waals surface area contributed by atoms with Gasteiger partial charge in [-0.15, -0.1) is 0 Å². The van der Waals surface area contributed by atoms with Crippen molar-refractivity contribution in [3.05, 3.63) is 54.0 Å². The van der Waals surface area contributed by atoms with E-state index in [2.05, 4.69) is 4.72 Å². The van der Waals surface area contributed by atoms with Crippen molar-refractivity contribution in [2.45, 2.75) is 30.4 Å². The molecule has 2 aliphatic rings. The molecule has 1 aromatic carbocycles. The average molecular weight is 448 g/mol. The van der Waals surface area contributed by atoms with Crippen LogP contribution in [-0.4, -0.2) is 68.9 Å². The number of nitrogens with zero attached hydrogens (tertiary/aromatic N) is 2. The third-order valence-electron chi connectivity index (χ3n) is 5.51. The Kier molecular flexibility index (Phi) is 6.40. The third kappa shape index (κ3) is 4.97. The van der Waals surface area contributed by atoms with Crippen LogP contribution in [0.15, 0.2) is 52.0 Å². The van der Waals surface area contributed by atoms with E-state index in [9.17, 15) is 18.0 Å². The first-order valence-corrected chi connectivity index (χ1v) is 11.7. The van der Waals surface area contributed by atoms with Gasteiger partial charge in [-0.25, -0.2) is 13.1 Å². The number of hydrogen-bond donors (Lipinski definition) is 1. The van der Waals surface area contributed by atoms with Crippen LogP contribution in [0.3, 0.4) is 0 Å². The number of carbonyl (C=O) groups excluding carboxylic acids is 2. The van der Waals surface area contributed by atoms with E-state index in [-0.39, 0.29) is 29.4 Å². The van der Waals surface area contributed by atoms with Crippen LogP contribution in [0.5, 0.6) is 0 Å². The number of sulfonamides is 1. The van der Waals surface area contributed by atoms with Crippen molar-refractivity contribution in [1.29, 1.82) is 0 Å². The zero-order valence-electron chi connectivity index (χ0n) is 17.0. The number of benzene rings is 1. The number of rotatable bonds is 6. The second kappa shape index (κ2) is 9.21. The number of piperazine rings is 1. The Morgan fingerprint density at radius 2 is 1.74 bits per heavy atom. The van der Waals surface area contributed by atoms with Gasteiger partial charge >= 0.3 is 0 Å². The molecule has 4 rings (SSSR count). The molecule has 0 radical (unpaired) electrons. The summed E-state index contributed by atoms with van der Waals surface area (Å²) in [5.74, 6) is 0.324. The molecule has 1 N–H and O–H groups in total. The van der Waals surface area contributed by atoms with Crippen molar-refractivity contribution in [2.24, 2.45) is 0 Å². The van der Waals surface area contributed by atoms with Crippen LogP contribution in [0.2, 0.25) is 0 Å².